The molecule has 1 saturated heterocycles. The number of hydrogen-bond donors (Lipinski definition) is 0. The van der Waals surface area contributed by atoms with Crippen LogP contribution in [-0.4, -0.2) is 48.8 Å². The lowest BCUT2D eigenvalue weighted by atomic mass is 9.92. The minimum Gasteiger partial charge on any atom is -0.342 e. The first kappa shape index (κ1) is 19.3. The van der Waals surface area contributed by atoms with Crippen molar-refractivity contribution < 1.29 is 22.5 Å². The van der Waals surface area contributed by atoms with Crippen LogP contribution >= 0.6 is 0 Å². The Morgan fingerprint density at radius 2 is 2.21 bits per heavy atom. The number of aryl methyl sites for hydroxylation is 2. The van der Waals surface area contributed by atoms with E-state index in [1.165, 1.54) is 19.6 Å². The van der Waals surface area contributed by atoms with Crippen LogP contribution in [0.2, 0.25) is 0 Å². The summed E-state index contributed by atoms with van der Waals surface area (Å²) in [4.78, 5) is 22.3. The van der Waals surface area contributed by atoms with Gasteiger partial charge >= 0.3 is 6.18 Å². The standard InChI is InChI=1S/C18H19F3N6O2/c1-11-16-13(18(19,20)21)7-14(24-17(16)29-25-11)12-3-2-5-26(8-12)15(28)4-6-27-10-22-9-23-27/h7,9-10,12H,2-6,8H2,1H3/t12-/m1/s1. The zero-order chi connectivity index (χ0) is 20.6. The van der Waals surface area contributed by atoms with E-state index < -0.39 is 11.7 Å². The van der Waals surface area contributed by atoms with E-state index in [9.17, 15) is 18.0 Å². The number of pyridine rings is 1. The smallest absolute Gasteiger partial charge is 0.342 e. The molecular weight excluding hydrogens is 389 g/mol. The summed E-state index contributed by atoms with van der Waals surface area (Å²) < 4.78 is 47.3. The maximum atomic E-state index is 13.6. The first-order valence-corrected chi connectivity index (χ1v) is 9.27. The largest absolute Gasteiger partial charge is 0.417 e. The van der Waals surface area contributed by atoms with Crippen molar-refractivity contribution in [1.29, 1.82) is 0 Å². The molecule has 0 aliphatic carbocycles. The van der Waals surface area contributed by atoms with Crippen molar-refractivity contribution in [3.05, 3.63) is 35.7 Å². The lowest BCUT2D eigenvalue weighted by Crippen LogP contribution is -2.39. The first-order valence-electron chi connectivity index (χ1n) is 9.27. The molecule has 1 fully saturated rings. The Hall–Kier alpha value is -2.98. The summed E-state index contributed by atoms with van der Waals surface area (Å²) in [7, 11) is 0. The predicted octanol–water partition coefficient (Wildman–Crippen LogP) is 2.94. The summed E-state index contributed by atoms with van der Waals surface area (Å²) >= 11 is 0. The van der Waals surface area contributed by atoms with E-state index in [1.54, 1.807) is 9.58 Å². The van der Waals surface area contributed by atoms with Crippen LogP contribution in [0.25, 0.3) is 11.1 Å². The molecule has 1 aliphatic heterocycles. The molecule has 0 unspecified atom stereocenters. The summed E-state index contributed by atoms with van der Waals surface area (Å²) in [5.41, 5.74) is -0.498. The van der Waals surface area contributed by atoms with Gasteiger partial charge in [-0.3, -0.25) is 9.48 Å². The maximum Gasteiger partial charge on any atom is 0.417 e. The highest BCUT2D eigenvalue weighted by atomic mass is 19.4. The van der Waals surface area contributed by atoms with Crippen molar-refractivity contribution in [3.63, 3.8) is 0 Å². The first-order chi connectivity index (χ1) is 13.8. The average molecular weight is 408 g/mol. The molecule has 0 aromatic carbocycles. The molecule has 1 atom stereocenters. The minimum absolute atomic E-state index is 0.0715. The highest BCUT2D eigenvalue weighted by Gasteiger charge is 2.37. The number of carbonyl (C=O) groups is 1. The van der Waals surface area contributed by atoms with Gasteiger partial charge in [-0.05, 0) is 25.8 Å². The Bertz CT molecular complexity index is 1010. The normalized spacial score (nSPS) is 17.8. The molecule has 154 valence electrons. The van der Waals surface area contributed by atoms with Gasteiger partial charge in [0.05, 0.1) is 28.9 Å². The summed E-state index contributed by atoms with van der Waals surface area (Å²) in [6, 6.07) is 1.07. The van der Waals surface area contributed by atoms with Gasteiger partial charge in [-0.15, -0.1) is 0 Å². The Balaban J connectivity index is 1.55. The molecule has 0 saturated carbocycles. The Kier molecular flexibility index (Phi) is 4.97. The summed E-state index contributed by atoms with van der Waals surface area (Å²) in [5.74, 6) is -0.368. The van der Waals surface area contributed by atoms with Crippen LogP contribution in [0.15, 0.2) is 23.2 Å². The second kappa shape index (κ2) is 7.45. The van der Waals surface area contributed by atoms with Crippen LogP contribution in [0.4, 0.5) is 13.2 Å². The molecule has 8 nitrogen and oxygen atoms in total. The van der Waals surface area contributed by atoms with Crippen LogP contribution in [0, 0.1) is 6.92 Å². The van der Waals surface area contributed by atoms with Crippen LogP contribution in [0.3, 0.4) is 0 Å². The number of likely N-dealkylation sites (tertiary alicyclic amines) is 1. The summed E-state index contributed by atoms with van der Waals surface area (Å²) in [5, 5.41) is 7.48. The predicted molar refractivity (Wildman–Crippen MR) is 94.7 cm³/mol. The number of fused-ring (bicyclic) bond motifs is 1. The molecule has 11 heteroatoms. The van der Waals surface area contributed by atoms with Gasteiger partial charge < -0.3 is 9.42 Å². The molecule has 3 aromatic rings. The molecule has 4 rings (SSSR count). The van der Waals surface area contributed by atoms with E-state index in [0.717, 1.165) is 6.07 Å². The number of alkyl halides is 3. The number of nitrogens with zero attached hydrogens (tertiary/aromatic N) is 6. The number of hydrogen-bond acceptors (Lipinski definition) is 6. The number of piperidine rings is 1. The topological polar surface area (TPSA) is 89.9 Å². The number of carbonyl (C=O) groups excluding carboxylic acids is 1. The van der Waals surface area contributed by atoms with Gasteiger partial charge in [0.1, 0.15) is 12.7 Å². The zero-order valence-electron chi connectivity index (χ0n) is 15.7. The summed E-state index contributed by atoms with van der Waals surface area (Å²) in [6.07, 6.45) is -0.0337. The zero-order valence-corrected chi connectivity index (χ0v) is 15.7. The third-order valence-corrected chi connectivity index (χ3v) is 5.16. The molecule has 0 radical (unpaired) electrons. The third-order valence-electron chi connectivity index (χ3n) is 5.16. The second-order valence-corrected chi connectivity index (χ2v) is 7.13. The maximum absolute atomic E-state index is 13.6. The van der Waals surface area contributed by atoms with E-state index in [2.05, 4.69) is 20.2 Å². The minimum atomic E-state index is -4.55. The van der Waals surface area contributed by atoms with Crippen LogP contribution in [0.5, 0.6) is 0 Å². The van der Waals surface area contributed by atoms with Crippen molar-refractivity contribution in [2.24, 2.45) is 0 Å². The molecule has 29 heavy (non-hydrogen) atoms. The SMILES string of the molecule is Cc1noc2nc([C@@H]3CCCN(C(=O)CCn4cncn4)C3)cc(C(F)(F)F)c12. The fraction of sp³-hybridized carbons (Fsp3) is 0.500. The Morgan fingerprint density at radius 1 is 1.38 bits per heavy atom. The van der Waals surface area contributed by atoms with Gasteiger partial charge in [0, 0.05) is 25.4 Å². The van der Waals surface area contributed by atoms with Crippen LogP contribution in [0.1, 0.15) is 42.1 Å². The quantitative estimate of drug-likeness (QED) is 0.659. The lowest BCUT2D eigenvalue weighted by Gasteiger charge is -2.32. The molecule has 0 N–H and O–H groups in total. The highest BCUT2D eigenvalue weighted by Crippen LogP contribution is 2.38. The molecule has 1 aliphatic rings. The van der Waals surface area contributed by atoms with Gasteiger partial charge in [-0.1, -0.05) is 5.16 Å². The molecule has 1 amide bonds. The fourth-order valence-corrected chi connectivity index (χ4v) is 3.71. The van der Waals surface area contributed by atoms with Crippen LogP contribution in [-0.2, 0) is 17.5 Å². The highest BCUT2D eigenvalue weighted by molar-refractivity contribution is 5.81. The van der Waals surface area contributed by atoms with Gasteiger partial charge in [0.2, 0.25) is 5.91 Å². The lowest BCUT2D eigenvalue weighted by molar-refractivity contribution is -0.136. The van der Waals surface area contributed by atoms with Gasteiger partial charge in [0.15, 0.2) is 0 Å². The summed E-state index contributed by atoms with van der Waals surface area (Å²) in [6.45, 7) is 2.75. The van der Waals surface area contributed by atoms with E-state index in [-0.39, 0.29) is 40.7 Å². The molecule has 0 spiro atoms. The molecule has 0 bridgehead atoms. The van der Waals surface area contributed by atoms with E-state index in [4.69, 9.17) is 4.52 Å². The number of halogens is 3. The number of rotatable bonds is 4. The average Bonchev–Trinajstić information content (AvgIpc) is 3.35. The third kappa shape index (κ3) is 3.94. The monoisotopic (exact) mass is 408 g/mol. The molecular formula is C18H19F3N6O2. The van der Waals surface area contributed by atoms with E-state index >= 15 is 0 Å². The Labute approximate surface area is 163 Å². The van der Waals surface area contributed by atoms with Crippen molar-refractivity contribution in [2.75, 3.05) is 13.1 Å². The number of aromatic nitrogens is 5. The van der Waals surface area contributed by atoms with Gasteiger partial charge in [0.25, 0.3) is 5.71 Å². The second-order valence-electron chi connectivity index (χ2n) is 7.13. The fourth-order valence-electron chi connectivity index (χ4n) is 3.71. The van der Waals surface area contributed by atoms with E-state index in [0.29, 0.717) is 32.5 Å². The molecule has 4 heterocycles. The van der Waals surface area contributed by atoms with Crippen molar-refractivity contribution in [1.82, 2.24) is 29.8 Å². The molecule has 3 aromatic heterocycles. The van der Waals surface area contributed by atoms with E-state index in [1.807, 2.05) is 0 Å². The van der Waals surface area contributed by atoms with Crippen LogP contribution < -0.4 is 0 Å². The number of amides is 1. The van der Waals surface area contributed by atoms with Gasteiger partial charge in [-0.25, -0.2) is 9.97 Å². The van der Waals surface area contributed by atoms with Crippen molar-refractivity contribution in [2.45, 2.75) is 44.8 Å². The van der Waals surface area contributed by atoms with Gasteiger partial charge in [-0.2, -0.15) is 18.3 Å². The van der Waals surface area contributed by atoms with Crippen molar-refractivity contribution in [3.8, 4) is 0 Å². The van der Waals surface area contributed by atoms with Crippen molar-refractivity contribution >= 4 is 17.0 Å². The Morgan fingerprint density at radius 3 is 2.93 bits per heavy atom.